The number of carbonyl (C=O) groups is 1. The first-order valence-corrected chi connectivity index (χ1v) is 6.93. The largest absolute Gasteiger partial charge is 0.496 e. The van der Waals surface area contributed by atoms with Gasteiger partial charge in [0, 0.05) is 12.1 Å². The third-order valence-electron chi connectivity index (χ3n) is 3.63. The van der Waals surface area contributed by atoms with Gasteiger partial charge in [0.15, 0.2) is 0 Å². The average Bonchev–Trinajstić information content (AvgIpc) is 3.30. The van der Waals surface area contributed by atoms with Gasteiger partial charge in [-0.25, -0.2) is 0 Å². The van der Waals surface area contributed by atoms with Crippen LogP contribution in [0.2, 0.25) is 0 Å². The highest BCUT2D eigenvalue weighted by atomic mass is 16.5. The topological polar surface area (TPSA) is 82.8 Å². The lowest BCUT2D eigenvalue weighted by Gasteiger charge is -2.21. The summed E-state index contributed by atoms with van der Waals surface area (Å²) in [4.78, 5) is 11.8. The smallest absolute Gasteiger partial charge is 0.239 e. The van der Waals surface area contributed by atoms with Gasteiger partial charge in [0.1, 0.15) is 23.3 Å². The van der Waals surface area contributed by atoms with E-state index >= 15 is 0 Å². The summed E-state index contributed by atoms with van der Waals surface area (Å²) in [5.41, 5.74) is 6.15. The van der Waals surface area contributed by atoms with E-state index in [-0.39, 0.29) is 0 Å². The van der Waals surface area contributed by atoms with Crippen LogP contribution >= 0.6 is 0 Å². The van der Waals surface area contributed by atoms with Gasteiger partial charge in [-0.05, 0) is 25.3 Å². The lowest BCUT2D eigenvalue weighted by Crippen LogP contribution is -2.35. The van der Waals surface area contributed by atoms with Crippen LogP contribution in [0.3, 0.4) is 0 Å². The van der Waals surface area contributed by atoms with Crippen molar-refractivity contribution in [3.8, 4) is 17.2 Å². The normalized spacial score (nSPS) is 15.4. The van der Waals surface area contributed by atoms with Crippen LogP contribution in [0.25, 0.3) is 0 Å². The van der Waals surface area contributed by atoms with E-state index in [4.69, 9.17) is 19.9 Å². The Bertz CT molecular complexity index is 489. The number of nitrogens with two attached hydrogens (primary N) is 1. The molecule has 2 rings (SSSR count). The number of carbonyl (C=O) groups excluding carboxylic acids is 1. The summed E-state index contributed by atoms with van der Waals surface area (Å²) < 4.78 is 16.0. The second-order valence-electron chi connectivity index (χ2n) is 5.13. The number of methoxy groups -OCH3 is 3. The highest BCUT2D eigenvalue weighted by Gasteiger charge is 2.29. The molecule has 116 valence electrons. The molecule has 1 aliphatic rings. The zero-order valence-corrected chi connectivity index (χ0v) is 12.6. The molecular formula is C15H22N2O4. The summed E-state index contributed by atoms with van der Waals surface area (Å²) in [7, 11) is 4.64. The summed E-state index contributed by atoms with van der Waals surface area (Å²) in [5.74, 6) is 1.79. The fourth-order valence-electron chi connectivity index (χ4n) is 2.27. The Hall–Kier alpha value is -1.95. The van der Waals surface area contributed by atoms with Gasteiger partial charge in [0.05, 0.1) is 26.9 Å². The quantitative estimate of drug-likeness (QED) is 0.753. The molecule has 0 spiro atoms. The van der Waals surface area contributed by atoms with Crippen molar-refractivity contribution in [3.05, 3.63) is 17.7 Å². The summed E-state index contributed by atoms with van der Waals surface area (Å²) in [6.45, 7) is 0.756. The van der Waals surface area contributed by atoms with Crippen LogP contribution in [-0.4, -0.2) is 33.8 Å². The second-order valence-corrected chi connectivity index (χ2v) is 5.13. The van der Waals surface area contributed by atoms with Gasteiger partial charge >= 0.3 is 0 Å². The van der Waals surface area contributed by atoms with E-state index in [9.17, 15) is 4.79 Å². The van der Waals surface area contributed by atoms with Crippen LogP contribution in [-0.2, 0) is 4.79 Å². The van der Waals surface area contributed by atoms with E-state index in [0.29, 0.717) is 28.7 Å². The fourth-order valence-corrected chi connectivity index (χ4v) is 2.27. The van der Waals surface area contributed by atoms with Crippen molar-refractivity contribution in [1.29, 1.82) is 0 Å². The van der Waals surface area contributed by atoms with Crippen LogP contribution in [0.5, 0.6) is 17.2 Å². The molecule has 0 aliphatic heterocycles. The standard InChI is InChI=1S/C15H22N2O4/c1-19-10-6-11(20-2)13(12(7-10)21-3)14(15(16)18)17-8-9-4-5-9/h6-7,9,14,17H,4-5,8H2,1-3H3,(H2,16,18). The van der Waals surface area contributed by atoms with Crippen molar-refractivity contribution in [1.82, 2.24) is 5.32 Å². The molecule has 1 saturated carbocycles. The first kappa shape index (κ1) is 15.4. The predicted octanol–water partition coefficient (Wildman–Crippen LogP) is 1.24. The van der Waals surface area contributed by atoms with Crippen LogP contribution < -0.4 is 25.3 Å². The molecule has 0 heterocycles. The zero-order chi connectivity index (χ0) is 15.4. The van der Waals surface area contributed by atoms with Gasteiger partial charge in [-0.15, -0.1) is 0 Å². The zero-order valence-electron chi connectivity index (χ0n) is 12.6. The molecule has 1 aromatic carbocycles. The lowest BCUT2D eigenvalue weighted by molar-refractivity contribution is -0.120. The molecule has 6 nitrogen and oxygen atoms in total. The molecule has 1 amide bonds. The van der Waals surface area contributed by atoms with E-state index in [1.807, 2.05) is 0 Å². The molecule has 1 fully saturated rings. The molecule has 0 radical (unpaired) electrons. The van der Waals surface area contributed by atoms with Crippen LogP contribution in [0.4, 0.5) is 0 Å². The Morgan fingerprint density at radius 1 is 1.24 bits per heavy atom. The maximum Gasteiger partial charge on any atom is 0.239 e. The Kier molecular flexibility index (Phi) is 4.90. The number of nitrogens with one attached hydrogen (secondary N) is 1. The average molecular weight is 294 g/mol. The van der Waals surface area contributed by atoms with E-state index < -0.39 is 11.9 Å². The van der Waals surface area contributed by atoms with Crippen molar-refractivity contribution in [2.45, 2.75) is 18.9 Å². The van der Waals surface area contributed by atoms with Crippen molar-refractivity contribution < 1.29 is 19.0 Å². The van der Waals surface area contributed by atoms with Crippen LogP contribution in [0, 0.1) is 5.92 Å². The van der Waals surface area contributed by atoms with Crippen molar-refractivity contribution in [3.63, 3.8) is 0 Å². The van der Waals surface area contributed by atoms with Gasteiger partial charge in [-0.3, -0.25) is 4.79 Å². The first-order valence-electron chi connectivity index (χ1n) is 6.93. The second kappa shape index (κ2) is 6.67. The van der Waals surface area contributed by atoms with Gasteiger partial charge in [-0.1, -0.05) is 0 Å². The highest BCUT2D eigenvalue weighted by Crippen LogP contribution is 2.39. The molecule has 21 heavy (non-hydrogen) atoms. The van der Waals surface area contributed by atoms with Gasteiger partial charge in [0.25, 0.3) is 0 Å². The Morgan fingerprint density at radius 3 is 2.19 bits per heavy atom. The Labute approximate surface area is 124 Å². The van der Waals surface area contributed by atoms with E-state index in [1.54, 1.807) is 19.2 Å². The number of benzene rings is 1. The molecule has 6 heteroatoms. The molecule has 1 atom stereocenters. The number of primary amides is 1. The summed E-state index contributed by atoms with van der Waals surface area (Å²) in [6, 6.07) is 2.78. The van der Waals surface area contributed by atoms with Gasteiger partial charge < -0.3 is 25.3 Å². The lowest BCUT2D eigenvalue weighted by atomic mass is 10.0. The van der Waals surface area contributed by atoms with Crippen molar-refractivity contribution >= 4 is 5.91 Å². The number of hydrogen-bond donors (Lipinski definition) is 2. The Morgan fingerprint density at radius 2 is 1.81 bits per heavy atom. The number of rotatable bonds is 8. The maximum absolute atomic E-state index is 11.8. The molecule has 1 aromatic rings. The molecule has 1 aliphatic carbocycles. The Balaban J connectivity index is 2.38. The number of ether oxygens (including phenoxy) is 3. The van der Waals surface area contributed by atoms with Crippen molar-refractivity contribution in [2.24, 2.45) is 11.7 Å². The van der Waals surface area contributed by atoms with E-state index in [1.165, 1.54) is 27.1 Å². The fraction of sp³-hybridized carbons (Fsp3) is 0.533. The van der Waals surface area contributed by atoms with Crippen molar-refractivity contribution in [2.75, 3.05) is 27.9 Å². The van der Waals surface area contributed by atoms with Crippen LogP contribution in [0.1, 0.15) is 24.4 Å². The van der Waals surface area contributed by atoms with E-state index in [0.717, 1.165) is 6.54 Å². The highest BCUT2D eigenvalue weighted by molar-refractivity contribution is 5.83. The third kappa shape index (κ3) is 3.58. The summed E-state index contributed by atoms with van der Waals surface area (Å²) >= 11 is 0. The van der Waals surface area contributed by atoms with Gasteiger partial charge in [0.2, 0.25) is 5.91 Å². The molecule has 1 unspecified atom stereocenters. The van der Waals surface area contributed by atoms with E-state index in [2.05, 4.69) is 5.32 Å². The van der Waals surface area contributed by atoms with Gasteiger partial charge in [-0.2, -0.15) is 0 Å². The predicted molar refractivity (Wildman–Crippen MR) is 78.8 cm³/mol. The maximum atomic E-state index is 11.8. The number of amides is 1. The third-order valence-corrected chi connectivity index (χ3v) is 3.63. The minimum atomic E-state index is -0.651. The molecule has 0 bridgehead atoms. The summed E-state index contributed by atoms with van der Waals surface area (Å²) in [5, 5.41) is 3.21. The first-order chi connectivity index (χ1) is 10.1. The molecule has 3 N–H and O–H groups in total. The number of hydrogen-bond acceptors (Lipinski definition) is 5. The van der Waals surface area contributed by atoms with Crippen LogP contribution in [0.15, 0.2) is 12.1 Å². The molecular weight excluding hydrogens is 272 g/mol. The minimum absolute atomic E-state index is 0.461. The SMILES string of the molecule is COc1cc(OC)c(C(NCC2CC2)C(N)=O)c(OC)c1. The minimum Gasteiger partial charge on any atom is -0.496 e. The molecule has 0 aromatic heterocycles. The monoisotopic (exact) mass is 294 g/mol. The summed E-state index contributed by atoms with van der Waals surface area (Å²) in [6.07, 6.45) is 2.38. The molecule has 0 saturated heterocycles.